The highest BCUT2D eigenvalue weighted by atomic mass is 32.2. The lowest BCUT2D eigenvalue weighted by molar-refractivity contribution is -0.120. The van der Waals surface area contributed by atoms with Crippen LogP contribution in [0.25, 0.3) is 11.0 Å². The number of thioether (sulfide) groups is 1. The second-order valence-electron chi connectivity index (χ2n) is 9.16. The first-order chi connectivity index (χ1) is 14.6. The summed E-state index contributed by atoms with van der Waals surface area (Å²) in [5, 5.41) is 3.91. The normalized spacial score (nSPS) is 21.6. The molecule has 2 heterocycles. The highest BCUT2D eigenvalue weighted by Gasteiger charge is 2.28. The van der Waals surface area contributed by atoms with E-state index in [1.165, 1.54) is 29.8 Å². The van der Waals surface area contributed by atoms with Crippen molar-refractivity contribution in [1.29, 1.82) is 0 Å². The van der Waals surface area contributed by atoms with Crippen molar-refractivity contribution in [3.05, 3.63) is 26.7 Å². The average molecular weight is 448 g/mol. The molecule has 0 bridgehead atoms. The van der Waals surface area contributed by atoms with E-state index in [0.29, 0.717) is 40.3 Å². The molecule has 2 aromatic rings. The first kappa shape index (κ1) is 23.5. The van der Waals surface area contributed by atoms with E-state index in [1.54, 1.807) is 6.92 Å². The number of rotatable bonds is 6. The van der Waals surface area contributed by atoms with Gasteiger partial charge in [0.1, 0.15) is 16.2 Å². The molecule has 1 aliphatic rings. The lowest BCUT2D eigenvalue weighted by Crippen LogP contribution is -2.44. The SMILES string of the molecule is Cc1nc(SCC(=O)NC2CCCC(C)C2C)c2c(=O)n(C)c(=O)n(CC(C)C)c2n1. The van der Waals surface area contributed by atoms with Gasteiger partial charge in [-0.25, -0.2) is 14.8 Å². The monoisotopic (exact) mass is 447 g/mol. The summed E-state index contributed by atoms with van der Waals surface area (Å²) in [5.41, 5.74) is -0.483. The highest BCUT2D eigenvalue weighted by molar-refractivity contribution is 8.00. The Morgan fingerprint density at radius 2 is 1.94 bits per heavy atom. The summed E-state index contributed by atoms with van der Waals surface area (Å²) in [4.78, 5) is 47.1. The summed E-state index contributed by atoms with van der Waals surface area (Å²) >= 11 is 1.23. The van der Waals surface area contributed by atoms with E-state index in [2.05, 4.69) is 29.1 Å². The average Bonchev–Trinajstić information content (AvgIpc) is 2.70. The molecule has 2 aromatic heterocycles. The Hall–Kier alpha value is -2.16. The Bertz CT molecular complexity index is 1090. The molecule has 170 valence electrons. The van der Waals surface area contributed by atoms with Gasteiger partial charge in [-0.1, -0.05) is 52.3 Å². The van der Waals surface area contributed by atoms with Crippen molar-refractivity contribution in [2.24, 2.45) is 24.8 Å². The Balaban J connectivity index is 1.90. The van der Waals surface area contributed by atoms with Crippen LogP contribution in [0.5, 0.6) is 0 Å². The Labute approximate surface area is 186 Å². The first-order valence-electron chi connectivity index (χ1n) is 11.0. The maximum absolute atomic E-state index is 12.9. The largest absolute Gasteiger partial charge is 0.352 e. The number of carbonyl (C=O) groups is 1. The quantitative estimate of drug-likeness (QED) is 0.540. The molecule has 0 radical (unpaired) electrons. The molecule has 1 N–H and O–H groups in total. The topological polar surface area (TPSA) is 98.9 Å². The van der Waals surface area contributed by atoms with Gasteiger partial charge in [-0.3, -0.25) is 18.7 Å². The number of nitrogens with zero attached hydrogens (tertiary/aromatic N) is 4. The molecule has 3 rings (SSSR count). The fourth-order valence-electron chi connectivity index (χ4n) is 4.24. The van der Waals surface area contributed by atoms with E-state index >= 15 is 0 Å². The lowest BCUT2D eigenvalue weighted by atomic mass is 9.78. The van der Waals surface area contributed by atoms with Crippen LogP contribution in [0.4, 0.5) is 0 Å². The van der Waals surface area contributed by atoms with E-state index in [9.17, 15) is 14.4 Å². The number of fused-ring (bicyclic) bond motifs is 1. The van der Waals surface area contributed by atoms with E-state index in [4.69, 9.17) is 0 Å². The molecule has 31 heavy (non-hydrogen) atoms. The van der Waals surface area contributed by atoms with Gasteiger partial charge in [0.2, 0.25) is 5.91 Å². The van der Waals surface area contributed by atoms with Gasteiger partial charge >= 0.3 is 5.69 Å². The minimum absolute atomic E-state index is 0.0623. The van der Waals surface area contributed by atoms with Crippen molar-refractivity contribution >= 4 is 28.7 Å². The van der Waals surface area contributed by atoms with Gasteiger partial charge in [-0.15, -0.1) is 0 Å². The van der Waals surface area contributed by atoms with Gasteiger partial charge in [0, 0.05) is 19.6 Å². The lowest BCUT2D eigenvalue weighted by Gasteiger charge is -2.34. The van der Waals surface area contributed by atoms with Crippen LogP contribution in [0.15, 0.2) is 14.6 Å². The van der Waals surface area contributed by atoms with Crippen LogP contribution in [-0.2, 0) is 18.4 Å². The fraction of sp³-hybridized carbons (Fsp3) is 0.682. The zero-order chi connectivity index (χ0) is 22.9. The number of hydrogen-bond donors (Lipinski definition) is 1. The summed E-state index contributed by atoms with van der Waals surface area (Å²) < 4.78 is 2.63. The van der Waals surface area contributed by atoms with Crippen molar-refractivity contribution in [2.75, 3.05) is 5.75 Å². The van der Waals surface area contributed by atoms with Gasteiger partial charge in [0.05, 0.1) is 5.75 Å². The second kappa shape index (κ2) is 9.54. The molecule has 8 nitrogen and oxygen atoms in total. The van der Waals surface area contributed by atoms with Crippen LogP contribution in [0.1, 0.15) is 52.8 Å². The van der Waals surface area contributed by atoms with Crippen molar-refractivity contribution in [3.63, 3.8) is 0 Å². The molecular formula is C22H33N5O3S. The zero-order valence-corrected chi connectivity index (χ0v) is 20.1. The molecule has 0 saturated heterocycles. The highest BCUT2D eigenvalue weighted by Crippen LogP contribution is 2.30. The second-order valence-corrected chi connectivity index (χ2v) is 10.1. The standard InChI is InChI=1S/C22H33N5O3S/c1-12(2)10-27-19-18(21(29)26(6)22(27)30)20(24-15(5)23-19)31-11-17(28)25-16-9-7-8-13(3)14(16)4/h12-14,16H,7-11H2,1-6H3,(H,25,28). The Kier molecular flexibility index (Phi) is 7.24. The molecule has 3 atom stereocenters. The number of carbonyl (C=O) groups excluding carboxylic acids is 1. The van der Waals surface area contributed by atoms with Crippen molar-refractivity contribution in [3.8, 4) is 0 Å². The predicted molar refractivity (Wildman–Crippen MR) is 123 cm³/mol. The van der Waals surface area contributed by atoms with Crippen LogP contribution >= 0.6 is 11.8 Å². The van der Waals surface area contributed by atoms with E-state index in [1.807, 2.05) is 13.8 Å². The molecule has 1 fully saturated rings. The Morgan fingerprint density at radius 1 is 1.23 bits per heavy atom. The van der Waals surface area contributed by atoms with E-state index in [-0.39, 0.29) is 23.6 Å². The molecule has 1 amide bonds. The number of aryl methyl sites for hydroxylation is 1. The number of amides is 1. The van der Waals surface area contributed by atoms with Crippen LogP contribution < -0.4 is 16.6 Å². The smallest absolute Gasteiger partial charge is 0.332 e. The molecule has 0 aliphatic heterocycles. The third kappa shape index (κ3) is 5.02. The first-order valence-corrected chi connectivity index (χ1v) is 12.0. The van der Waals surface area contributed by atoms with Crippen LogP contribution in [0.2, 0.25) is 0 Å². The van der Waals surface area contributed by atoms with Gasteiger partial charge in [-0.05, 0) is 31.1 Å². The van der Waals surface area contributed by atoms with Gasteiger partial charge in [0.25, 0.3) is 5.56 Å². The van der Waals surface area contributed by atoms with Crippen molar-refractivity contribution < 1.29 is 4.79 Å². The fourth-order valence-corrected chi connectivity index (χ4v) is 5.11. The Morgan fingerprint density at radius 3 is 2.61 bits per heavy atom. The third-order valence-electron chi connectivity index (χ3n) is 6.20. The van der Waals surface area contributed by atoms with Crippen LogP contribution in [-0.4, -0.2) is 36.8 Å². The van der Waals surface area contributed by atoms with Gasteiger partial charge < -0.3 is 5.32 Å². The summed E-state index contributed by atoms with van der Waals surface area (Å²) in [6.07, 6.45) is 3.33. The van der Waals surface area contributed by atoms with E-state index in [0.717, 1.165) is 17.4 Å². The number of aromatic nitrogens is 4. The maximum Gasteiger partial charge on any atom is 0.332 e. The third-order valence-corrected chi connectivity index (χ3v) is 7.18. The number of nitrogens with one attached hydrogen (secondary N) is 1. The molecule has 1 aliphatic carbocycles. The zero-order valence-electron chi connectivity index (χ0n) is 19.3. The van der Waals surface area contributed by atoms with Crippen LogP contribution in [0, 0.1) is 24.7 Å². The minimum Gasteiger partial charge on any atom is -0.352 e. The summed E-state index contributed by atoms with van der Waals surface area (Å²) in [5.74, 6) is 1.82. The maximum atomic E-state index is 12.9. The molecule has 3 unspecified atom stereocenters. The molecule has 0 spiro atoms. The van der Waals surface area contributed by atoms with E-state index < -0.39 is 11.2 Å². The van der Waals surface area contributed by atoms with Gasteiger partial charge in [-0.2, -0.15) is 0 Å². The minimum atomic E-state index is -0.433. The van der Waals surface area contributed by atoms with Crippen molar-refractivity contribution in [2.45, 2.75) is 71.5 Å². The predicted octanol–water partition coefficient (Wildman–Crippen LogP) is 2.49. The molecular weight excluding hydrogens is 414 g/mol. The van der Waals surface area contributed by atoms with Gasteiger partial charge in [0.15, 0.2) is 5.65 Å². The molecule has 0 aromatic carbocycles. The number of hydrogen-bond acceptors (Lipinski definition) is 6. The summed E-state index contributed by atoms with van der Waals surface area (Å²) in [6.45, 7) is 10.6. The summed E-state index contributed by atoms with van der Waals surface area (Å²) in [7, 11) is 1.47. The van der Waals surface area contributed by atoms with Crippen LogP contribution in [0.3, 0.4) is 0 Å². The summed E-state index contributed by atoms with van der Waals surface area (Å²) in [6, 6.07) is 0.185. The molecule has 1 saturated carbocycles. The molecule has 9 heteroatoms. The van der Waals surface area contributed by atoms with Crippen molar-refractivity contribution in [1.82, 2.24) is 24.4 Å².